The lowest BCUT2D eigenvalue weighted by Crippen LogP contribution is -2.33. The maximum atomic E-state index is 8.85. The van der Waals surface area contributed by atoms with Crippen LogP contribution in [0.4, 0.5) is 0 Å². The van der Waals surface area contributed by atoms with E-state index in [4.69, 9.17) is 10.4 Å². The molecule has 106 valence electrons. The number of benzene rings is 1. The molecule has 1 aliphatic rings. The van der Waals surface area contributed by atoms with E-state index < -0.39 is 0 Å². The molecule has 1 atom stereocenters. The van der Waals surface area contributed by atoms with Gasteiger partial charge in [0, 0.05) is 5.92 Å². The minimum Gasteiger partial charge on any atom is -0.205 e. The van der Waals surface area contributed by atoms with Crippen molar-refractivity contribution in [2.75, 3.05) is 21.1 Å². The van der Waals surface area contributed by atoms with Crippen molar-refractivity contribution in [1.29, 1.82) is 5.26 Å². The highest BCUT2D eigenvalue weighted by molar-refractivity contribution is 5.87. The highest BCUT2D eigenvalue weighted by Crippen LogP contribution is 2.26. The average Bonchev–Trinajstić information content (AvgIpc) is 2.40. The molecule has 0 spiro atoms. The molecule has 1 aliphatic carbocycles. The number of nitrogens with zero attached hydrogens (tertiary/aromatic N) is 3. The summed E-state index contributed by atoms with van der Waals surface area (Å²) in [6, 6.07) is 10.2. The molecule has 3 nitrogen and oxygen atoms in total. The van der Waals surface area contributed by atoms with Crippen LogP contribution < -0.4 is 0 Å². The van der Waals surface area contributed by atoms with Crippen molar-refractivity contribution < 1.29 is 4.59 Å². The molecule has 0 radical (unpaired) electrons. The lowest BCUT2D eigenvalue weighted by atomic mass is 9.83. The second-order valence-corrected chi connectivity index (χ2v) is 6.49. The molecule has 0 heterocycles. The van der Waals surface area contributed by atoms with E-state index in [9.17, 15) is 0 Å². The standard InChI is InChI=1S/C17H24N3/c1-20(2,3)19-17-7-5-4-6-16(17)12-14-8-10-15(13-18)11-9-14/h8-11,16H,4-7,12H2,1-3H3/q+1. The van der Waals surface area contributed by atoms with Gasteiger partial charge in [-0.05, 0) is 43.4 Å². The van der Waals surface area contributed by atoms with Gasteiger partial charge in [-0.3, -0.25) is 0 Å². The first-order valence-corrected chi connectivity index (χ1v) is 7.37. The van der Waals surface area contributed by atoms with E-state index in [1.165, 1.54) is 30.5 Å². The van der Waals surface area contributed by atoms with Gasteiger partial charge in [0.25, 0.3) is 0 Å². The Morgan fingerprint density at radius 2 is 1.90 bits per heavy atom. The van der Waals surface area contributed by atoms with Crippen LogP contribution in [0.25, 0.3) is 0 Å². The summed E-state index contributed by atoms with van der Waals surface area (Å²) >= 11 is 0. The minimum absolute atomic E-state index is 0.564. The monoisotopic (exact) mass is 270 g/mol. The zero-order chi connectivity index (χ0) is 14.6. The van der Waals surface area contributed by atoms with Crippen LogP contribution in [0.2, 0.25) is 0 Å². The van der Waals surface area contributed by atoms with Crippen molar-refractivity contribution in [1.82, 2.24) is 0 Å². The van der Waals surface area contributed by atoms with Gasteiger partial charge in [0.15, 0.2) is 0 Å². The van der Waals surface area contributed by atoms with E-state index in [0.717, 1.165) is 18.4 Å². The molecule has 0 bridgehead atoms. The van der Waals surface area contributed by atoms with Crippen molar-refractivity contribution >= 4 is 5.71 Å². The Bertz CT molecular complexity index is 515. The molecule has 0 amide bonds. The molecule has 1 aromatic rings. The molecule has 0 saturated heterocycles. The van der Waals surface area contributed by atoms with Crippen LogP contribution in [-0.2, 0) is 6.42 Å². The number of hydrogen-bond acceptors (Lipinski definition) is 2. The summed E-state index contributed by atoms with van der Waals surface area (Å²) in [7, 11) is 6.33. The number of rotatable bonds is 3. The van der Waals surface area contributed by atoms with Gasteiger partial charge in [-0.2, -0.15) is 5.26 Å². The van der Waals surface area contributed by atoms with Crippen LogP contribution >= 0.6 is 0 Å². The maximum absolute atomic E-state index is 8.85. The molecule has 0 N–H and O–H groups in total. The number of hydrogen-bond donors (Lipinski definition) is 0. The molecule has 3 heteroatoms. The van der Waals surface area contributed by atoms with E-state index >= 15 is 0 Å². The summed E-state index contributed by atoms with van der Waals surface area (Å²) in [4.78, 5) is 0. The third-order valence-electron chi connectivity index (χ3n) is 3.70. The normalized spacial score (nSPS) is 21.7. The van der Waals surface area contributed by atoms with Crippen molar-refractivity contribution in [3.63, 3.8) is 0 Å². The summed E-state index contributed by atoms with van der Waals surface area (Å²) in [5.41, 5.74) is 3.41. The Balaban J connectivity index is 2.12. The first-order chi connectivity index (χ1) is 9.48. The first-order valence-electron chi connectivity index (χ1n) is 7.37. The lowest BCUT2D eigenvalue weighted by Gasteiger charge is -2.26. The van der Waals surface area contributed by atoms with Crippen molar-refractivity contribution in [3.8, 4) is 6.07 Å². The SMILES string of the molecule is C[N+](C)(C)N=C1CCCCC1Cc1ccc(C#N)cc1. The van der Waals surface area contributed by atoms with Gasteiger partial charge < -0.3 is 0 Å². The average molecular weight is 270 g/mol. The minimum atomic E-state index is 0.564. The van der Waals surface area contributed by atoms with Crippen molar-refractivity contribution in [2.24, 2.45) is 11.0 Å². The Morgan fingerprint density at radius 1 is 1.20 bits per heavy atom. The number of nitriles is 1. The van der Waals surface area contributed by atoms with E-state index in [-0.39, 0.29) is 0 Å². The smallest absolute Gasteiger partial charge is 0.0991 e. The molecular formula is C17H24N3+. The summed E-state index contributed by atoms with van der Waals surface area (Å²) in [6.45, 7) is 0. The third kappa shape index (κ3) is 4.18. The number of quaternary nitrogens is 1. The fraction of sp³-hybridized carbons (Fsp3) is 0.529. The molecular weight excluding hydrogens is 246 g/mol. The van der Waals surface area contributed by atoms with Crippen LogP contribution in [0.15, 0.2) is 29.4 Å². The van der Waals surface area contributed by atoms with Gasteiger partial charge in [-0.15, -0.1) is 0 Å². The molecule has 0 aliphatic heterocycles. The van der Waals surface area contributed by atoms with Gasteiger partial charge in [-0.1, -0.05) is 23.7 Å². The Hall–Kier alpha value is -1.66. The van der Waals surface area contributed by atoms with Crippen LogP contribution in [0.1, 0.15) is 36.8 Å². The van der Waals surface area contributed by atoms with E-state index in [0.29, 0.717) is 10.5 Å². The van der Waals surface area contributed by atoms with Crippen LogP contribution in [0, 0.1) is 17.2 Å². The quantitative estimate of drug-likeness (QED) is 0.613. The first kappa shape index (κ1) is 14.7. The van der Waals surface area contributed by atoms with Crippen molar-refractivity contribution in [2.45, 2.75) is 32.1 Å². The molecule has 1 saturated carbocycles. The Labute approximate surface area is 122 Å². The molecule has 1 unspecified atom stereocenters. The van der Waals surface area contributed by atoms with E-state index in [2.05, 4.69) is 39.3 Å². The van der Waals surface area contributed by atoms with Gasteiger partial charge in [0.2, 0.25) is 0 Å². The van der Waals surface area contributed by atoms with Gasteiger partial charge >= 0.3 is 0 Å². The fourth-order valence-corrected chi connectivity index (χ4v) is 2.80. The third-order valence-corrected chi connectivity index (χ3v) is 3.70. The second-order valence-electron chi connectivity index (χ2n) is 6.49. The zero-order valence-electron chi connectivity index (χ0n) is 12.8. The highest BCUT2D eigenvalue weighted by atomic mass is 15.6. The fourth-order valence-electron chi connectivity index (χ4n) is 2.80. The van der Waals surface area contributed by atoms with E-state index in [1.807, 2.05) is 12.1 Å². The summed E-state index contributed by atoms with van der Waals surface area (Å²) in [5.74, 6) is 0.564. The predicted octanol–water partition coefficient (Wildman–Crippen LogP) is 3.35. The predicted molar refractivity (Wildman–Crippen MR) is 82.3 cm³/mol. The van der Waals surface area contributed by atoms with Crippen LogP contribution in [0.5, 0.6) is 0 Å². The zero-order valence-corrected chi connectivity index (χ0v) is 12.8. The molecule has 2 rings (SSSR count). The van der Waals surface area contributed by atoms with Crippen LogP contribution in [-0.4, -0.2) is 31.4 Å². The summed E-state index contributed by atoms with van der Waals surface area (Å²) in [5, 5.41) is 13.7. The maximum Gasteiger partial charge on any atom is 0.0991 e. The van der Waals surface area contributed by atoms with Gasteiger partial charge in [0.05, 0.1) is 38.5 Å². The Kier molecular flexibility index (Phi) is 4.57. The summed E-state index contributed by atoms with van der Waals surface area (Å²) < 4.78 is 0.652. The topological polar surface area (TPSA) is 36.1 Å². The van der Waals surface area contributed by atoms with Crippen LogP contribution in [0.3, 0.4) is 0 Å². The Morgan fingerprint density at radius 3 is 2.50 bits per heavy atom. The van der Waals surface area contributed by atoms with E-state index in [1.54, 1.807) is 0 Å². The molecule has 1 fully saturated rings. The molecule has 1 aromatic carbocycles. The summed E-state index contributed by atoms with van der Waals surface area (Å²) in [6.07, 6.45) is 5.99. The lowest BCUT2D eigenvalue weighted by molar-refractivity contribution is -0.877. The second kappa shape index (κ2) is 6.19. The molecule has 0 aromatic heterocycles. The largest absolute Gasteiger partial charge is 0.205 e. The van der Waals surface area contributed by atoms with Crippen molar-refractivity contribution in [3.05, 3.63) is 35.4 Å². The highest BCUT2D eigenvalue weighted by Gasteiger charge is 2.24. The molecule has 20 heavy (non-hydrogen) atoms. The van der Waals surface area contributed by atoms with Gasteiger partial charge in [0.1, 0.15) is 0 Å². The van der Waals surface area contributed by atoms with Gasteiger partial charge in [-0.25, -0.2) is 4.59 Å².